The Labute approximate surface area is 156 Å². The smallest absolute Gasteiger partial charge is 0.263 e. The first-order chi connectivity index (χ1) is 12.8. The van der Waals surface area contributed by atoms with Crippen LogP contribution >= 0.6 is 11.3 Å². The zero-order valence-corrected chi connectivity index (χ0v) is 15.1. The molecule has 1 aliphatic rings. The van der Waals surface area contributed by atoms with Crippen LogP contribution in [0.2, 0.25) is 0 Å². The maximum absolute atomic E-state index is 12.6. The Bertz CT molecular complexity index is 977. The highest BCUT2D eigenvalue weighted by atomic mass is 32.1. The predicted octanol–water partition coefficient (Wildman–Crippen LogP) is 3.52. The summed E-state index contributed by atoms with van der Waals surface area (Å²) in [7, 11) is 0. The van der Waals surface area contributed by atoms with Crippen LogP contribution < -0.4 is 4.90 Å². The van der Waals surface area contributed by atoms with Gasteiger partial charge < -0.3 is 9.80 Å². The number of carbonyl (C=O) groups excluding carboxylic acids is 1. The van der Waals surface area contributed by atoms with Gasteiger partial charge in [-0.15, -0.1) is 11.3 Å². The van der Waals surface area contributed by atoms with E-state index in [1.165, 1.54) is 11.3 Å². The normalized spacial score (nSPS) is 14.9. The standard InChI is InChI=1S/C20H18N4OS/c21-14-15-13-18(16-5-1-2-6-17(16)22-15)23-8-4-9-24(11-10-23)20(25)19-7-3-12-26-19/h1-3,5-7,12-13H,4,8-11H2. The van der Waals surface area contributed by atoms with Crippen molar-refractivity contribution in [2.45, 2.75) is 6.42 Å². The van der Waals surface area contributed by atoms with E-state index >= 15 is 0 Å². The van der Waals surface area contributed by atoms with E-state index in [4.69, 9.17) is 0 Å². The highest BCUT2D eigenvalue weighted by molar-refractivity contribution is 7.12. The first kappa shape index (κ1) is 16.6. The molecule has 5 nitrogen and oxygen atoms in total. The second-order valence-corrected chi connectivity index (χ2v) is 7.21. The number of nitriles is 1. The average Bonchev–Trinajstić information content (AvgIpc) is 3.11. The summed E-state index contributed by atoms with van der Waals surface area (Å²) in [5, 5.41) is 12.3. The molecule has 0 N–H and O–H groups in total. The van der Waals surface area contributed by atoms with Gasteiger partial charge in [-0.1, -0.05) is 24.3 Å². The minimum atomic E-state index is 0.110. The maximum Gasteiger partial charge on any atom is 0.263 e. The van der Waals surface area contributed by atoms with Crippen molar-refractivity contribution in [3.8, 4) is 6.07 Å². The molecule has 1 amide bonds. The molecule has 1 saturated heterocycles. The van der Waals surface area contributed by atoms with Gasteiger partial charge in [0.25, 0.3) is 5.91 Å². The zero-order valence-electron chi connectivity index (χ0n) is 14.3. The van der Waals surface area contributed by atoms with Crippen molar-refractivity contribution >= 4 is 33.8 Å². The van der Waals surface area contributed by atoms with Crippen LogP contribution in [0.1, 0.15) is 21.8 Å². The van der Waals surface area contributed by atoms with Gasteiger partial charge in [-0.3, -0.25) is 4.79 Å². The Hall–Kier alpha value is -2.91. The number of aromatic nitrogens is 1. The number of benzene rings is 1. The molecule has 1 fully saturated rings. The van der Waals surface area contributed by atoms with Gasteiger partial charge in [-0.2, -0.15) is 5.26 Å². The highest BCUT2D eigenvalue weighted by Crippen LogP contribution is 2.28. The molecule has 26 heavy (non-hydrogen) atoms. The van der Waals surface area contributed by atoms with Gasteiger partial charge in [0.15, 0.2) is 0 Å². The summed E-state index contributed by atoms with van der Waals surface area (Å²) in [4.78, 5) is 22.0. The lowest BCUT2D eigenvalue weighted by Gasteiger charge is -2.25. The molecule has 130 valence electrons. The molecule has 0 bridgehead atoms. The number of nitrogens with zero attached hydrogens (tertiary/aromatic N) is 4. The molecule has 0 saturated carbocycles. The lowest BCUT2D eigenvalue weighted by atomic mass is 10.1. The predicted molar refractivity (Wildman–Crippen MR) is 104 cm³/mol. The summed E-state index contributed by atoms with van der Waals surface area (Å²) in [5.41, 5.74) is 2.28. The molecule has 0 atom stereocenters. The Balaban J connectivity index is 1.61. The SMILES string of the molecule is N#Cc1cc(N2CCCN(C(=O)c3cccs3)CC2)c2ccccc2n1. The summed E-state index contributed by atoms with van der Waals surface area (Å²) < 4.78 is 0. The van der Waals surface area contributed by atoms with E-state index in [-0.39, 0.29) is 5.91 Å². The van der Waals surface area contributed by atoms with Crippen LogP contribution in [0.5, 0.6) is 0 Å². The lowest BCUT2D eigenvalue weighted by molar-refractivity contribution is 0.0772. The average molecular weight is 362 g/mol. The van der Waals surface area contributed by atoms with Crippen LogP contribution in [0, 0.1) is 11.3 Å². The number of carbonyl (C=O) groups is 1. The molecule has 3 aromatic rings. The number of hydrogen-bond donors (Lipinski definition) is 0. The van der Waals surface area contributed by atoms with Gasteiger partial charge in [0.1, 0.15) is 11.8 Å². The molecule has 0 aliphatic carbocycles. The summed E-state index contributed by atoms with van der Waals surface area (Å²) >= 11 is 1.49. The number of pyridine rings is 1. The van der Waals surface area contributed by atoms with E-state index in [1.807, 2.05) is 52.7 Å². The summed E-state index contributed by atoms with van der Waals surface area (Å²) in [6.07, 6.45) is 0.898. The molecule has 1 aromatic carbocycles. The first-order valence-corrected chi connectivity index (χ1v) is 9.52. The van der Waals surface area contributed by atoms with Crippen LogP contribution in [0.3, 0.4) is 0 Å². The zero-order chi connectivity index (χ0) is 17.9. The molecular formula is C20H18N4OS. The number of fused-ring (bicyclic) bond motifs is 1. The second kappa shape index (κ2) is 7.14. The van der Waals surface area contributed by atoms with Gasteiger partial charge >= 0.3 is 0 Å². The molecule has 6 heteroatoms. The van der Waals surface area contributed by atoms with Crippen molar-refractivity contribution in [3.05, 3.63) is 58.4 Å². The van der Waals surface area contributed by atoms with Crippen molar-refractivity contribution < 1.29 is 4.79 Å². The molecule has 0 unspecified atom stereocenters. The Kier molecular flexibility index (Phi) is 4.55. The van der Waals surface area contributed by atoms with Gasteiger partial charge in [-0.05, 0) is 30.0 Å². The van der Waals surface area contributed by atoms with Gasteiger partial charge in [-0.25, -0.2) is 4.98 Å². The fourth-order valence-corrected chi connectivity index (χ4v) is 4.08. The minimum Gasteiger partial charge on any atom is -0.369 e. The van der Waals surface area contributed by atoms with Crippen molar-refractivity contribution in [2.24, 2.45) is 0 Å². The van der Waals surface area contributed by atoms with Gasteiger partial charge in [0, 0.05) is 37.3 Å². The van der Waals surface area contributed by atoms with Crippen molar-refractivity contribution in [2.75, 3.05) is 31.1 Å². The second-order valence-electron chi connectivity index (χ2n) is 6.27. The third kappa shape index (κ3) is 3.14. The minimum absolute atomic E-state index is 0.110. The first-order valence-electron chi connectivity index (χ1n) is 8.64. The quantitative estimate of drug-likeness (QED) is 0.700. The summed E-state index contributed by atoms with van der Waals surface area (Å²) in [6.45, 7) is 3.03. The molecule has 0 spiro atoms. The van der Waals surface area contributed by atoms with E-state index < -0.39 is 0 Å². The fraction of sp³-hybridized carbons (Fsp3) is 0.250. The van der Waals surface area contributed by atoms with Gasteiger partial charge in [0.05, 0.1) is 10.4 Å². The number of amides is 1. The number of anilines is 1. The number of hydrogen-bond acceptors (Lipinski definition) is 5. The third-order valence-corrected chi connectivity index (χ3v) is 5.52. The maximum atomic E-state index is 12.6. The monoisotopic (exact) mass is 362 g/mol. The molecule has 1 aliphatic heterocycles. The highest BCUT2D eigenvalue weighted by Gasteiger charge is 2.22. The van der Waals surface area contributed by atoms with E-state index in [0.29, 0.717) is 12.2 Å². The summed E-state index contributed by atoms with van der Waals surface area (Å²) in [5.74, 6) is 0.110. The molecule has 2 aromatic heterocycles. The number of rotatable bonds is 2. The number of thiophene rings is 1. The molecule has 4 rings (SSSR count). The van der Waals surface area contributed by atoms with Crippen LogP contribution in [-0.4, -0.2) is 42.0 Å². The third-order valence-electron chi connectivity index (χ3n) is 4.66. The van der Waals surface area contributed by atoms with E-state index in [0.717, 1.165) is 47.5 Å². The van der Waals surface area contributed by atoms with Crippen LogP contribution in [0.15, 0.2) is 47.8 Å². The summed E-state index contributed by atoms with van der Waals surface area (Å²) in [6, 6.07) is 15.7. The Morgan fingerprint density at radius 3 is 2.81 bits per heavy atom. The van der Waals surface area contributed by atoms with Crippen LogP contribution in [0.25, 0.3) is 10.9 Å². The van der Waals surface area contributed by atoms with E-state index in [2.05, 4.69) is 16.0 Å². The van der Waals surface area contributed by atoms with Crippen molar-refractivity contribution in [3.63, 3.8) is 0 Å². The Morgan fingerprint density at radius 1 is 1.12 bits per heavy atom. The molecule has 0 radical (unpaired) electrons. The largest absolute Gasteiger partial charge is 0.369 e. The fourth-order valence-electron chi connectivity index (χ4n) is 3.39. The van der Waals surface area contributed by atoms with Gasteiger partial charge in [0.2, 0.25) is 0 Å². The number of para-hydroxylation sites is 1. The van der Waals surface area contributed by atoms with Crippen LogP contribution in [0.4, 0.5) is 5.69 Å². The van der Waals surface area contributed by atoms with Crippen LogP contribution in [-0.2, 0) is 0 Å². The Morgan fingerprint density at radius 2 is 2.00 bits per heavy atom. The topological polar surface area (TPSA) is 60.2 Å². The van der Waals surface area contributed by atoms with Crippen molar-refractivity contribution in [1.29, 1.82) is 5.26 Å². The lowest BCUT2D eigenvalue weighted by Crippen LogP contribution is -2.34. The molecule has 3 heterocycles. The molecular weight excluding hydrogens is 344 g/mol. The van der Waals surface area contributed by atoms with Crippen molar-refractivity contribution in [1.82, 2.24) is 9.88 Å². The van der Waals surface area contributed by atoms with E-state index in [1.54, 1.807) is 0 Å². The van der Waals surface area contributed by atoms with E-state index in [9.17, 15) is 10.1 Å².